The summed E-state index contributed by atoms with van der Waals surface area (Å²) in [7, 11) is 0. The molecule has 2 fully saturated rings. The molecule has 1 amide bonds. The van der Waals surface area contributed by atoms with Crippen molar-refractivity contribution >= 4 is 23.2 Å². The molecule has 6 N–H and O–H groups in total. The maximum atomic E-state index is 13.5. The number of aliphatic hydroxyl groups is 3. The molecule has 5 rings (SSSR count). The summed E-state index contributed by atoms with van der Waals surface area (Å²) in [6.07, 6.45) is 1.73. The monoisotopic (exact) mass is 455 g/mol. The number of primary amides is 1. The van der Waals surface area contributed by atoms with Crippen LogP contribution in [0.1, 0.15) is 48.3 Å². The summed E-state index contributed by atoms with van der Waals surface area (Å²) in [5.74, 6) is -5.95. The van der Waals surface area contributed by atoms with Gasteiger partial charge in [0, 0.05) is 31.1 Å². The summed E-state index contributed by atoms with van der Waals surface area (Å²) >= 11 is 0. The van der Waals surface area contributed by atoms with Crippen molar-refractivity contribution in [1.29, 1.82) is 0 Å². The molecule has 174 valence electrons. The highest BCUT2D eigenvalue weighted by Crippen LogP contribution is 2.53. The Morgan fingerprint density at radius 2 is 1.76 bits per heavy atom. The summed E-state index contributed by atoms with van der Waals surface area (Å²) in [6, 6.07) is 3.31. The van der Waals surface area contributed by atoms with Gasteiger partial charge in [0.15, 0.2) is 11.4 Å². The number of rotatable bonds is 2. The summed E-state index contributed by atoms with van der Waals surface area (Å²) in [5, 5.41) is 43.6. The number of aliphatic hydroxyl groups excluding tert-OH is 2. The Bertz CT molecular complexity index is 1160. The first-order chi connectivity index (χ1) is 15.7. The predicted molar refractivity (Wildman–Crippen MR) is 114 cm³/mol. The molecule has 3 unspecified atom stereocenters. The highest BCUT2D eigenvalue weighted by Gasteiger charge is 2.60. The molecule has 1 aliphatic heterocycles. The number of benzene rings is 1. The number of hydrogen-bond donors (Lipinski definition) is 5. The molecule has 4 aliphatic rings. The first-order valence-corrected chi connectivity index (χ1v) is 11.1. The minimum Gasteiger partial charge on any atom is -0.508 e. The lowest BCUT2D eigenvalue weighted by atomic mass is 9.59. The third-order valence-corrected chi connectivity index (χ3v) is 7.64. The minimum atomic E-state index is -2.54. The number of aromatic hydroxyl groups is 1. The van der Waals surface area contributed by atoms with Crippen LogP contribution in [0.2, 0.25) is 0 Å². The van der Waals surface area contributed by atoms with Crippen molar-refractivity contribution in [2.75, 3.05) is 13.2 Å². The Morgan fingerprint density at radius 1 is 1.06 bits per heavy atom. The van der Waals surface area contributed by atoms with Gasteiger partial charge in [-0.2, -0.15) is 0 Å². The lowest BCUT2D eigenvalue weighted by Crippen LogP contribution is -2.58. The molecule has 1 aromatic carbocycles. The molecule has 0 bridgehead atoms. The third-order valence-electron chi connectivity index (χ3n) is 7.64. The van der Waals surface area contributed by atoms with E-state index in [1.165, 1.54) is 6.07 Å². The molecule has 9 nitrogen and oxygen atoms in total. The van der Waals surface area contributed by atoms with Crippen LogP contribution in [0.15, 0.2) is 29.0 Å². The van der Waals surface area contributed by atoms with Gasteiger partial charge in [0.05, 0.1) is 5.56 Å². The van der Waals surface area contributed by atoms with Crippen LogP contribution in [0.3, 0.4) is 0 Å². The SMILES string of the molecule is NC(=O)C1=C(O)C2(O)C(=O)C3=C(O)c4c(O)ccc(C5CCOCC5)c4CC3CC2CC1=O. The molecule has 0 aromatic heterocycles. The van der Waals surface area contributed by atoms with E-state index in [0.717, 1.165) is 24.0 Å². The van der Waals surface area contributed by atoms with Crippen molar-refractivity contribution in [2.24, 2.45) is 17.6 Å². The predicted octanol–water partition coefficient (Wildman–Crippen LogP) is 1.32. The number of Topliss-reactive ketones (excluding diaryl/α,β-unsaturated/α-hetero) is 2. The highest BCUT2D eigenvalue weighted by molar-refractivity contribution is 6.22. The molecule has 3 atom stereocenters. The summed E-state index contributed by atoms with van der Waals surface area (Å²) < 4.78 is 5.45. The van der Waals surface area contributed by atoms with Gasteiger partial charge in [-0.3, -0.25) is 14.4 Å². The van der Waals surface area contributed by atoms with E-state index in [0.29, 0.717) is 19.6 Å². The van der Waals surface area contributed by atoms with Crippen LogP contribution < -0.4 is 5.73 Å². The molecular weight excluding hydrogens is 430 g/mol. The van der Waals surface area contributed by atoms with E-state index in [1.807, 2.05) is 6.07 Å². The van der Waals surface area contributed by atoms with Crippen LogP contribution in [0.4, 0.5) is 0 Å². The van der Waals surface area contributed by atoms with Crippen molar-refractivity contribution in [2.45, 2.75) is 43.6 Å². The number of carbonyl (C=O) groups is 3. The molecule has 3 aliphatic carbocycles. The Kier molecular flexibility index (Phi) is 4.88. The maximum absolute atomic E-state index is 13.5. The number of nitrogens with two attached hydrogens (primary N) is 1. The van der Waals surface area contributed by atoms with E-state index in [-0.39, 0.29) is 35.6 Å². The number of phenolic OH excluding ortho intramolecular Hbond substituents is 1. The van der Waals surface area contributed by atoms with Crippen LogP contribution >= 0.6 is 0 Å². The van der Waals surface area contributed by atoms with Crippen molar-refractivity contribution < 1.29 is 39.5 Å². The second-order valence-electron chi connectivity index (χ2n) is 9.32. The zero-order chi connectivity index (χ0) is 23.7. The molecular formula is C24H25NO8. The van der Waals surface area contributed by atoms with Crippen LogP contribution in [-0.2, 0) is 25.5 Å². The molecule has 0 radical (unpaired) electrons. The molecule has 33 heavy (non-hydrogen) atoms. The summed E-state index contributed by atoms with van der Waals surface area (Å²) in [4.78, 5) is 37.6. The Hall–Kier alpha value is -3.17. The lowest BCUT2D eigenvalue weighted by molar-refractivity contribution is -0.147. The highest BCUT2D eigenvalue weighted by atomic mass is 16.5. The molecule has 0 spiro atoms. The smallest absolute Gasteiger partial charge is 0.255 e. The van der Waals surface area contributed by atoms with Crippen molar-refractivity contribution in [3.05, 3.63) is 45.7 Å². The van der Waals surface area contributed by atoms with Crippen molar-refractivity contribution in [3.8, 4) is 5.75 Å². The summed E-state index contributed by atoms with van der Waals surface area (Å²) in [6.45, 7) is 1.22. The van der Waals surface area contributed by atoms with Crippen LogP contribution in [-0.4, -0.2) is 56.7 Å². The first kappa shape index (κ1) is 21.7. The van der Waals surface area contributed by atoms with E-state index in [9.17, 15) is 34.8 Å². The van der Waals surface area contributed by atoms with E-state index in [4.69, 9.17) is 10.5 Å². The van der Waals surface area contributed by atoms with Gasteiger partial charge in [-0.1, -0.05) is 6.07 Å². The fourth-order valence-corrected chi connectivity index (χ4v) is 6.04. The number of carbonyl (C=O) groups excluding carboxylic acids is 3. The van der Waals surface area contributed by atoms with Gasteiger partial charge in [0.25, 0.3) is 5.91 Å². The number of hydrogen-bond acceptors (Lipinski definition) is 8. The van der Waals surface area contributed by atoms with E-state index >= 15 is 0 Å². The quantitative estimate of drug-likeness (QED) is 0.416. The average molecular weight is 455 g/mol. The molecule has 1 aromatic rings. The number of phenols is 1. The van der Waals surface area contributed by atoms with Gasteiger partial charge < -0.3 is 30.9 Å². The average Bonchev–Trinajstić information content (AvgIpc) is 2.76. The Balaban J connectivity index is 1.66. The van der Waals surface area contributed by atoms with Gasteiger partial charge in [-0.25, -0.2) is 0 Å². The van der Waals surface area contributed by atoms with E-state index < -0.39 is 52.0 Å². The number of fused-ring (bicyclic) bond motifs is 3. The maximum Gasteiger partial charge on any atom is 0.255 e. The fourth-order valence-electron chi connectivity index (χ4n) is 6.04. The number of ketones is 2. The number of amides is 1. The zero-order valence-electron chi connectivity index (χ0n) is 17.8. The van der Waals surface area contributed by atoms with Crippen molar-refractivity contribution in [3.63, 3.8) is 0 Å². The van der Waals surface area contributed by atoms with Gasteiger partial charge in [-0.05, 0) is 54.7 Å². The molecule has 1 saturated heterocycles. The van der Waals surface area contributed by atoms with Gasteiger partial charge >= 0.3 is 0 Å². The normalized spacial score (nSPS) is 30.1. The van der Waals surface area contributed by atoms with Gasteiger partial charge in [-0.15, -0.1) is 0 Å². The topological polar surface area (TPSA) is 167 Å². The second kappa shape index (κ2) is 7.43. The molecule has 1 heterocycles. The fraction of sp³-hybridized carbons (Fsp3) is 0.458. The standard InChI is InChI=1S/C24H25NO8/c25-23(31)19-16(27)9-12-7-11-8-14-13(10-3-5-33-6-4-10)1-2-15(26)18(14)20(28)17(11)21(29)24(12,32)22(19)30/h1-2,10-12,26,28,30,32H,3-9H2,(H2,25,31). The lowest BCUT2D eigenvalue weighted by Gasteiger charge is -2.46. The van der Waals surface area contributed by atoms with E-state index in [2.05, 4.69) is 0 Å². The van der Waals surface area contributed by atoms with Crippen LogP contribution in [0, 0.1) is 11.8 Å². The van der Waals surface area contributed by atoms with Crippen molar-refractivity contribution in [1.82, 2.24) is 0 Å². The zero-order valence-corrected chi connectivity index (χ0v) is 17.8. The Morgan fingerprint density at radius 3 is 2.42 bits per heavy atom. The first-order valence-electron chi connectivity index (χ1n) is 11.1. The minimum absolute atomic E-state index is 0.120. The second-order valence-corrected chi connectivity index (χ2v) is 9.32. The largest absolute Gasteiger partial charge is 0.508 e. The van der Waals surface area contributed by atoms with Gasteiger partial charge in [0.2, 0.25) is 5.78 Å². The third kappa shape index (κ3) is 2.95. The Labute approximate surface area is 189 Å². The number of ether oxygens (including phenoxy) is 1. The van der Waals surface area contributed by atoms with Gasteiger partial charge in [0.1, 0.15) is 22.8 Å². The molecule has 9 heteroatoms. The van der Waals surface area contributed by atoms with Crippen LogP contribution in [0.5, 0.6) is 5.75 Å². The molecule has 1 saturated carbocycles. The van der Waals surface area contributed by atoms with E-state index in [1.54, 1.807) is 0 Å². The summed E-state index contributed by atoms with van der Waals surface area (Å²) in [5.41, 5.74) is 3.61. The van der Waals surface area contributed by atoms with Crippen LogP contribution in [0.25, 0.3) is 5.76 Å².